The Labute approximate surface area is 228 Å². The Hall–Kier alpha value is -4.35. The van der Waals surface area contributed by atoms with Crippen LogP contribution in [0.2, 0.25) is 0 Å². The van der Waals surface area contributed by atoms with Crippen molar-refractivity contribution in [3.05, 3.63) is 124 Å². The number of carbonyl (C=O) groups is 1. The van der Waals surface area contributed by atoms with Crippen molar-refractivity contribution in [3.8, 4) is 23.5 Å². The molecule has 192 valence electrons. The summed E-state index contributed by atoms with van der Waals surface area (Å²) >= 11 is 0. The van der Waals surface area contributed by atoms with Crippen molar-refractivity contribution in [1.29, 1.82) is 0 Å². The molecule has 2 N–H and O–H groups in total. The standard InChI is InChI=1S/C21H22.C13H9NO.C2H6/c1-6-9-10-12-16-13-14-18-17(11-7-2)19(8-3)21(4,5)20(18)15-16;14-11-7-3-6-9-8-4-1-2-5-10(8)13(15)12(9)11;1-2/h2,6,8-15H,1,3-5H3;1-7H,14H2;1-2H3/b9-6-,12-10-,17-11-,19-8+;;. The second-order valence-electron chi connectivity index (χ2n) is 9.39. The van der Waals surface area contributed by atoms with Crippen LogP contribution in [0, 0.1) is 12.3 Å². The van der Waals surface area contributed by atoms with Crippen LogP contribution in [0.1, 0.15) is 74.2 Å². The number of hydrogen-bond donors (Lipinski definition) is 1. The molecular weight excluding hydrogens is 462 g/mol. The lowest BCUT2D eigenvalue weighted by atomic mass is 9.81. The lowest BCUT2D eigenvalue weighted by molar-refractivity contribution is 0.104. The van der Waals surface area contributed by atoms with Crippen LogP contribution in [0.25, 0.3) is 22.8 Å². The van der Waals surface area contributed by atoms with Gasteiger partial charge in [0.25, 0.3) is 0 Å². The van der Waals surface area contributed by atoms with Gasteiger partial charge in [0.1, 0.15) is 0 Å². The number of rotatable bonds is 2. The van der Waals surface area contributed by atoms with Gasteiger partial charge in [-0.15, -0.1) is 6.42 Å². The fourth-order valence-corrected chi connectivity index (χ4v) is 5.18. The first-order valence-electron chi connectivity index (χ1n) is 13.2. The number of terminal acetylenes is 1. The van der Waals surface area contributed by atoms with Crippen molar-refractivity contribution in [3.63, 3.8) is 0 Å². The van der Waals surface area contributed by atoms with Gasteiger partial charge in [0.2, 0.25) is 0 Å². The van der Waals surface area contributed by atoms with Crippen LogP contribution in [0.3, 0.4) is 0 Å². The van der Waals surface area contributed by atoms with Crippen LogP contribution in [0.4, 0.5) is 5.69 Å². The van der Waals surface area contributed by atoms with Gasteiger partial charge in [-0.1, -0.05) is 119 Å². The van der Waals surface area contributed by atoms with Gasteiger partial charge >= 0.3 is 0 Å². The highest BCUT2D eigenvalue weighted by Gasteiger charge is 2.37. The monoisotopic (exact) mass is 499 g/mol. The van der Waals surface area contributed by atoms with Crippen molar-refractivity contribution in [2.45, 2.75) is 47.0 Å². The Kier molecular flexibility index (Phi) is 9.11. The Morgan fingerprint density at radius 2 is 1.55 bits per heavy atom. The molecule has 0 heterocycles. The first-order valence-corrected chi connectivity index (χ1v) is 13.2. The zero-order chi connectivity index (χ0) is 27.9. The lowest BCUT2D eigenvalue weighted by Crippen LogP contribution is -2.15. The number of carbonyl (C=O) groups excluding carboxylic acids is 1. The van der Waals surface area contributed by atoms with E-state index in [1.54, 1.807) is 6.07 Å². The molecule has 2 aliphatic carbocycles. The number of hydrogen-bond acceptors (Lipinski definition) is 2. The molecule has 0 atom stereocenters. The maximum Gasteiger partial charge on any atom is 0.196 e. The number of anilines is 1. The zero-order valence-electron chi connectivity index (χ0n) is 23.3. The van der Waals surface area contributed by atoms with Crippen molar-refractivity contribution in [2.24, 2.45) is 0 Å². The summed E-state index contributed by atoms with van der Waals surface area (Å²) in [4.78, 5) is 12.0. The van der Waals surface area contributed by atoms with E-state index >= 15 is 0 Å². The van der Waals surface area contributed by atoms with E-state index in [4.69, 9.17) is 12.2 Å². The molecule has 0 radical (unpaired) electrons. The average molecular weight is 500 g/mol. The van der Waals surface area contributed by atoms with E-state index in [9.17, 15) is 4.79 Å². The smallest absolute Gasteiger partial charge is 0.196 e. The third-order valence-electron chi connectivity index (χ3n) is 6.86. The Morgan fingerprint density at radius 3 is 2.21 bits per heavy atom. The number of ketones is 1. The van der Waals surface area contributed by atoms with Gasteiger partial charge in [-0.3, -0.25) is 4.79 Å². The molecule has 0 fully saturated rings. The number of nitrogen functional groups attached to an aromatic ring is 1. The molecule has 38 heavy (non-hydrogen) atoms. The minimum Gasteiger partial charge on any atom is -0.398 e. The highest BCUT2D eigenvalue weighted by Crippen LogP contribution is 2.49. The Bertz CT molecular complexity index is 1500. The fourth-order valence-electron chi connectivity index (χ4n) is 5.18. The number of nitrogens with two attached hydrogens (primary N) is 1. The molecule has 0 bridgehead atoms. The van der Waals surface area contributed by atoms with Crippen LogP contribution in [0.5, 0.6) is 0 Å². The fraction of sp³-hybridized carbons (Fsp3) is 0.194. The predicted molar refractivity (Wildman–Crippen MR) is 165 cm³/mol. The molecule has 2 heteroatoms. The maximum absolute atomic E-state index is 12.0. The second kappa shape index (κ2) is 12.3. The molecular formula is C36H37NO. The average Bonchev–Trinajstić information content (AvgIpc) is 3.34. The highest BCUT2D eigenvalue weighted by atomic mass is 16.1. The quantitative estimate of drug-likeness (QED) is 0.170. The molecule has 0 spiro atoms. The first-order chi connectivity index (χ1) is 18.3. The lowest BCUT2D eigenvalue weighted by Gasteiger charge is -2.22. The third kappa shape index (κ3) is 5.20. The first kappa shape index (κ1) is 28.2. The van der Waals surface area contributed by atoms with E-state index in [1.165, 1.54) is 27.8 Å². The van der Waals surface area contributed by atoms with Crippen LogP contribution in [-0.2, 0) is 5.41 Å². The van der Waals surface area contributed by atoms with Crippen molar-refractivity contribution in [2.75, 3.05) is 5.73 Å². The summed E-state index contributed by atoms with van der Waals surface area (Å²) in [5.41, 5.74) is 16.1. The summed E-state index contributed by atoms with van der Waals surface area (Å²) in [7, 11) is 0. The van der Waals surface area contributed by atoms with Crippen LogP contribution in [0.15, 0.2) is 96.6 Å². The number of allylic oxidation sites excluding steroid dienone is 7. The highest BCUT2D eigenvalue weighted by molar-refractivity contribution is 6.24. The van der Waals surface area contributed by atoms with E-state index in [2.05, 4.69) is 63.1 Å². The van der Waals surface area contributed by atoms with Gasteiger partial charge in [-0.25, -0.2) is 0 Å². The molecule has 3 aromatic rings. The van der Waals surface area contributed by atoms with Crippen LogP contribution >= 0.6 is 0 Å². The van der Waals surface area contributed by atoms with Gasteiger partial charge in [0, 0.05) is 16.7 Å². The molecule has 0 saturated carbocycles. The molecule has 0 aliphatic heterocycles. The zero-order valence-corrected chi connectivity index (χ0v) is 23.3. The SMILES string of the molecule is C#C/C=C1\C(=C/C)C(C)(C)c2cc(/C=C\C=C/C)ccc21.CC.Nc1cccc2c1C(=O)c1ccccc1-2. The summed E-state index contributed by atoms with van der Waals surface area (Å²) in [5.74, 6) is 2.72. The van der Waals surface area contributed by atoms with E-state index in [-0.39, 0.29) is 11.2 Å². The number of benzene rings is 3. The van der Waals surface area contributed by atoms with Crippen molar-refractivity contribution in [1.82, 2.24) is 0 Å². The molecule has 0 saturated heterocycles. The van der Waals surface area contributed by atoms with E-state index in [1.807, 2.05) is 75.4 Å². The van der Waals surface area contributed by atoms with Gasteiger partial charge < -0.3 is 5.73 Å². The van der Waals surface area contributed by atoms with Crippen LogP contribution in [-0.4, -0.2) is 5.78 Å². The summed E-state index contributed by atoms with van der Waals surface area (Å²) in [6, 6.07) is 19.8. The number of fused-ring (bicyclic) bond motifs is 4. The molecule has 5 rings (SSSR count). The minimum atomic E-state index is -0.00277. The topological polar surface area (TPSA) is 43.1 Å². The Balaban J connectivity index is 0.000000206. The molecule has 0 unspecified atom stereocenters. The molecule has 0 aromatic heterocycles. The molecule has 2 aliphatic rings. The summed E-state index contributed by atoms with van der Waals surface area (Å²) in [5, 5.41) is 0. The molecule has 2 nitrogen and oxygen atoms in total. The third-order valence-corrected chi connectivity index (χ3v) is 6.86. The van der Waals surface area contributed by atoms with E-state index < -0.39 is 0 Å². The van der Waals surface area contributed by atoms with Crippen molar-refractivity contribution < 1.29 is 4.79 Å². The molecule has 3 aromatic carbocycles. The molecule has 0 amide bonds. The van der Waals surface area contributed by atoms with Gasteiger partial charge in [-0.2, -0.15) is 0 Å². The maximum atomic E-state index is 12.0. The Morgan fingerprint density at radius 1 is 0.868 bits per heavy atom. The summed E-state index contributed by atoms with van der Waals surface area (Å²) in [6.07, 6.45) is 17.8. The van der Waals surface area contributed by atoms with Gasteiger partial charge in [0.15, 0.2) is 5.78 Å². The summed E-state index contributed by atoms with van der Waals surface area (Å²) in [6.45, 7) is 12.6. The minimum absolute atomic E-state index is 0.00277. The van der Waals surface area contributed by atoms with Crippen LogP contribution < -0.4 is 5.73 Å². The largest absolute Gasteiger partial charge is 0.398 e. The second-order valence-corrected chi connectivity index (χ2v) is 9.39. The predicted octanol–water partition coefficient (Wildman–Crippen LogP) is 9.04. The van der Waals surface area contributed by atoms with E-state index in [0.717, 1.165) is 16.7 Å². The van der Waals surface area contributed by atoms with Gasteiger partial charge in [0.05, 0.1) is 5.56 Å². The summed E-state index contributed by atoms with van der Waals surface area (Å²) < 4.78 is 0. The van der Waals surface area contributed by atoms with Gasteiger partial charge in [-0.05, 0) is 65.0 Å². The van der Waals surface area contributed by atoms with Crippen molar-refractivity contribution >= 4 is 23.1 Å². The normalized spacial score (nSPS) is 16.4. The van der Waals surface area contributed by atoms with E-state index in [0.29, 0.717) is 11.3 Å².